The van der Waals surface area contributed by atoms with Gasteiger partial charge in [0.15, 0.2) is 5.96 Å². The lowest BCUT2D eigenvalue weighted by Crippen LogP contribution is -2.38. The number of guanidine groups is 1. The number of anilines is 1. The van der Waals surface area contributed by atoms with Gasteiger partial charge in [0.05, 0.1) is 6.54 Å². The zero-order valence-corrected chi connectivity index (χ0v) is 19.1. The van der Waals surface area contributed by atoms with Gasteiger partial charge in [0.1, 0.15) is 18.0 Å². The largest absolute Gasteiger partial charge is 0.357 e. The van der Waals surface area contributed by atoms with E-state index in [0.29, 0.717) is 6.54 Å². The summed E-state index contributed by atoms with van der Waals surface area (Å²) in [6.07, 6.45) is 7.06. The van der Waals surface area contributed by atoms with Crippen LogP contribution in [0, 0.1) is 0 Å². The van der Waals surface area contributed by atoms with Crippen LogP contribution in [0.4, 0.5) is 5.82 Å². The third kappa shape index (κ3) is 6.32. The lowest BCUT2D eigenvalue weighted by molar-refractivity contribution is 0.632. The molecule has 2 N–H and O–H groups in total. The third-order valence-electron chi connectivity index (χ3n) is 4.66. The number of aryl methyl sites for hydroxylation is 1. The second kappa shape index (κ2) is 11.8. The molecule has 8 nitrogen and oxygen atoms in total. The molecule has 0 aromatic carbocycles. The fourth-order valence-corrected chi connectivity index (χ4v) is 3.22. The zero-order valence-electron chi connectivity index (χ0n) is 16.8. The quantitative estimate of drug-likeness (QED) is 0.330. The van der Waals surface area contributed by atoms with Crippen molar-refractivity contribution in [2.24, 2.45) is 4.99 Å². The van der Waals surface area contributed by atoms with Crippen LogP contribution in [0.5, 0.6) is 0 Å². The molecular weight excluding hydrogens is 467 g/mol. The van der Waals surface area contributed by atoms with Crippen LogP contribution in [0.25, 0.3) is 0 Å². The molecule has 0 saturated carbocycles. The molecule has 3 heterocycles. The Hall–Kier alpha value is -1.91. The van der Waals surface area contributed by atoms with Crippen LogP contribution in [0.1, 0.15) is 38.1 Å². The van der Waals surface area contributed by atoms with E-state index in [1.807, 2.05) is 12.3 Å². The SMILES string of the molecule is CCNC(=NCc1ccnc(N2CCCC2)c1)NCCn1cnnc1CC.I. The Kier molecular flexibility index (Phi) is 9.45. The first-order chi connectivity index (χ1) is 13.3. The van der Waals surface area contributed by atoms with E-state index < -0.39 is 0 Å². The van der Waals surface area contributed by atoms with Crippen molar-refractivity contribution < 1.29 is 0 Å². The van der Waals surface area contributed by atoms with Crippen LogP contribution in [0.15, 0.2) is 29.6 Å². The normalized spacial score (nSPS) is 14.1. The van der Waals surface area contributed by atoms with Gasteiger partial charge in [-0.1, -0.05) is 6.92 Å². The van der Waals surface area contributed by atoms with Gasteiger partial charge in [0.25, 0.3) is 0 Å². The first-order valence-electron chi connectivity index (χ1n) is 9.89. The average Bonchev–Trinajstić information content (AvgIpc) is 3.38. The van der Waals surface area contributed by atoms with E-state index in [0.717, 1.165) is 56.7 Å². The van der Waals surface area contributed by atoms with Crippen molar-refractivity contribution in [3.05, 3.63) is 36.0 Å². The van der Waals surface area contributed by atoms with Gasteiger partial charge in [-0.25, -0.2) is 9.98 Å². The van der Waals surface area contributed by atoms with E-state index >= 15 is 0 Å². The number of aromatic nitrogens is 4. The second-order valence-electron chi connectivity index (χ2n) is 6.63. The van der Waals surface area contributed by atoms with Crippen LogP contribution >= 0.6 is 24.0 Å². The van der Waals surface area contributed by atoms with E-state index in [1.165, 1.54) is 18.4 Å². The van der Waals surface area contributed by atoms with Crippen LogP contribution < -0.4 is 15.5 Å². The molecule has 0 amide bonds. The summed E-state index contributed by atoms with van der Waals surface area (Å²) >= 11 is 0. The number of nitrogens with zero attached hydrogens (tertiary/aromatic N) is 6. The highest BCUT2D eigenvalue weighted by Crippen LogP contribution is 2.18. The van der Waals surface area contributed by atoms with Crippen molar-refractivity contribution in [1.82, 2.24) is 30.4 Å². The molecule has 1 saturated heterocycles. The Bertz CT molecular complexity index is 739. The number of hydrogen-bond donors (Lipinski definition) is 2. The van der Waals surface area contributed by atoms with Crippen LogP contribution in [-0.4, -0.2) is 51.9 Å². The van der Waals surface area contributed by atoms with E-state index in [-0.39, 0.29) is 24.0 Å². The number of rotatable bonds is 8. The highest BCUT2D eigenvalue weighted by Gasteiger charge is 2.13. The Morgan fingerprint density at radius 3 is 2.79 bits per heavy atom. The molecule has 154 valence electrons. The van der Waals surface area contributed by atoms with Crippen molar-refractivity contribution >= 4 is 35.8 Å². The van der Waals surface area contributed by atoms with E-state index in [1.54, 1.807) is 6.33 Å². The molecule has 0 bridgehead atoms. The molecule has 28 heavy (non-hydrogen) atoms. The lowest BCUT2D eigenvalue weighted by Gasteiger charge is -2.16. The third-order valence-corrected chi connectivity index (χ3v) is 4.66. The Morgan fingerprint density at radius 2 is 2.04 bits per heavy atom. The predicted octanol–water partition coefficient (Wildman–Crippen LogP) is 2.21. The van der Waals surface area contributed by atoms with Crippen LogP contribution in [0.3, 0.4) is 0 Å². The van der Waals surface area contributed by atoms with Crippen LogP contribution in [-0.2, 0) is 19.5 Å². The van der Waals surface area contributed by atoms with Gasteiger partial charge in [-0.15, -0.1) is 34.2 Å². The molecule has 3 rings (SSSR count). The first kappa shape index (κ1) is 22.4. The minimum absolute atomic E-state index is 0. The molecule has 1 aliphatic rings. The molecule has 0 radical (unpaired) electrons. The van der Waals surface area contributed by atoms with Crippen molar-refractivity contribution in [2.45, 2.75) is 46.2 Å². The van der Waals surface area contributed by atoms with Crippen molar-refractivity contribution in [3.8, 4) is 0 Å². The predicted molar refractivity (Wildman–Crippen MR) is 123 cm³/mol. The van der Waals surface area contributed by atoms with Crippen molar-refractivity contribution in [2.75, 3.05) is 31.1 Å². The van der Waals surface area contributed by atoms with E-state index in [2.05, 4.69) is 55.2 Å². The van der Waals surface area contributed by atoms with Gasteiger partial charge in [-0.2, -0.15) is 0 Å². The molecule has 9 heteroatoms. The Morgan fingerprint density at radius 1 is 1.21 bits per heavy atom. The highest BCUT2D eigenvalue weighted by atomic mass is 127. The van der Waals surface area contributed by atoms with Gasteiger partial charge < -0.3 is 20.1 Å². The van der Waals surface area contributed by atoms with Gasteiger partial charge in [0, 0.05) is 45.3 Å². The molecule has 2 aromatic rings. The fourth-order valence-electron chi connectivity index (χ4n) is 3.22. The molecular formula is C19H31IN8. The molecule has 1 aliphatic heterocycles. The summed E-state index contributed by atoms with van der Waals surface area (Å²) < 4.78 is 2.07. The number of aliphatic imine (C=N–C) groups is 1. The maximum absolute atomic E-state index is 4.72. The molecule has 0 unspecified atom stereocenters. The number of pyridine rings is 1. The summed E-state index contributed by atoms with van der Waals surface area (Å²) in [4.78, 5) is 11.6. The van der Waals surface area contributed by atoms with Gasteiger partial charge >= 0.3 is 0 Å². The molecule has 2 aromatic heterocycles. The second-order valence-corrected chi connectivity index (χ2v) is 6.63. The topological polar surface area (TPSA) is 83.3 Å². The molecule has 1 fully saturated rings. The number of halogens is 1. The summed E-state index contributed by atoms with van der Waals surface area (Å²) in [5, 5.41) is 14.8. The van der Waals surface area contributed by atoms with E-state index in [9.17, 15) is 0 Å². The maximum atomic E-state index is 4.72. The summed E-state index contributed by atoms with van der Waals surface area (Å²) in [7, 11) is 0. The average molecular weight is 498 g/mol. The minimum Gasteiger partial charge on any atom is -0.357 e. The molecule has 0 aliphatic carbocycles. The smallest absolute Gasteiger partial charge is 0.191 e. The lowest BCUT2D eigenvalue weighted by atomic mass is 10.2. The van der Waals surface area contributed by atoms with Gasteiger partial charge in [-0.05, 0) is 37.5 Å². The Labute approximate surface area is 184 Å². The number of nitrogens with one attached hydrogen (secondary N) is 2. The first-order valence-corrected chi connectivity index (χ1v) is 9.89. The summed E-state index contributed by atoms with van der Waals surface area (Å²) in [6.45, 7) is 9.41. The van der Waals surface area contributed by atoms with Crippen LogP contribution in [0.2, 0.25) is 0 Å². The number of hydrogen-bond acceptors (Lipinski definition) is 5. The van der Waals surface area contributed by atoms with E-state index in [4.69, 9.17) is 4.99 Å². The molecule has 0 spiro atoms. The summed E-state index contributed by atoms with van der Waals surface area (Å²) in [5.74, 6) is 2.89. The standard InChI is InChI=1S/C19H30N8.HI/c1-3-17-25-24-15-27(17)12-9-22-19(20-4-2)23-14-16-7-8-21-18(13-16)26-10-5-6-11-26;/h7-8,13,15H,3-6,9-12,14H2,1-2H3,(H2,20,22,23);1H. The minimum atomic E-state index is 0. The highest BCUT2D eigenvalue weighted by molar-refractivity contribution is 14.0. The van der Waals surface area contributed by atoms with Crippen molar-refractivity contribution in [3.63, 3.8) is 0 Å². The summed E-state index contributed by atoms with van der Waals surface area (Å²) in [6, 6.07) is 4.19. The Balaban J connectivity index is 0.00000280. The van der Waals surface area contributed by atoms with Crippen molar-refractivity contribution in [1.29, 1.82) is 0 Å². The summed E-state index contributed by atoms with van der Waals surface area (Å²) in [5.41, 5.74) is 1.18. The monoisotopic (exact) mass is 498 g/mol. The van der Waals surface area contributed by atoms with Gasteiger partial charge in [0.2, 0.25) is 0 Å². The zero-order chi connectivity index (χ0) is 18.9. The maximum Gasteiger partial charge on any atom is 0.191 e. The fraction of sp³-hybridized carbons (Fsp3) is 0.579. The van der Waals surface area contributed by atoms with Gasteiger partial charge in [-0.3, -0.25) is 0 Å². The molecule has 0 atom stereocenters.